The zero-order chi connectivity index (χ0) is 11.3. The maximum absolute atomic E-state index is 11.6. The van der Waals surface area contributed by atoms with Crippen LogP contribution in [0.1, 0.15) is 26.2 Å². The molecule has 1 heterocycles. The van der Waals surface area contributed by atoms with Gasteiger partial charge in [-0.3, -0.25) is 14.5 Å². The number of carbonyl (C=O) groups excluding carboxylic acids is 2. The van der Waals surface area contributed by atoms with Gasteiger partial charge in [0, 0.05) is 24.8 Å². The Morgan fingerprint density at radius 3 is 2.93 bits per heavy atom. The van der Waals surface area contributed by atoms with Crippen LogP contribution < -0.4 is 5.73 Å². The fourth-order valence-electron chi connectivity index (χ4n) is 1.41. The van der Waals surface area contributed by atoms with Crippen LogP contribution in [0.4, 0.5) is 0 Å². The van der Waals surface area contributed by atoms with Crippen LogP contribution in [0.3, 0.4) is 0 Å². The Bertz CT molecular complexity index is 246. The van der Waals surface area contributed by atoms with Gasteiger partial charge in [0.15, 0.2) is 0 Å². The first kappa shape index (κ1) is 12.5. The van der Waals surface area contributed by atoms with Gasteiger partial charge in [0.2, 0.25) is 11.8 Å². The van der Waals surface area contributed by atoms with Gasteiger partial charge >= 0.3 is 0 Å². The summed E-state index contributed by atoms with van der Waals surface area (Å²) in [5.41, 5.74) is 5.73. The predicted octanol–water partition coefficient (Wildman–Crippen LogP) is 0.606. The minimum atomic E-state index is -0.0641. The second kappa shape index (κ2) is 6.12. The summed E-state index contributed by atoms with van der Waals surface area (Å²) in [6.07, 6.45) is 2.25. The van der Waals surface area contributed by atoms with E-state index in [9.17, 15) is 9.59 Å². The van der Waals surface area contributed by atoms with Crippen molar-refractivity contribution >= 4 is 23.6 Å². The van der Waals surface area contributed by atoms with Crippen molar-refractivity contribution in [1.82, 2.24) is 4.90 Å². The van der Waals surface area contributed by atoms with Crippen LogP contribution in [-0.4, -0.2) is 40.8 Å². The van der Waals surface area contributed by atoms with Crippen molar-refractivity contribution in [3.05, 3.63) is 0 Å². The Kier molecular flexibility index (Phi) is 5.11. The molecule has 2 amide bonds. The summed E-state index contributed by atoms with van der Waals surface area (Å²) in [5, 5.41) is 0. The average molecular weight is 230 g/mol. The number of hydrogen-bond acceptors (Lipinski definition) is 4. The molecule has 1 fully saturated rings. The average Bonchev–Trinajstić information content (AvgIpc) is 2.64. The molecule has 0 saturated carbocycles. The number of thioether (sulfide) groups is 1. The molecule has 5 heteroatoms. The second-order valence-corrected chi connectivity index (χ2v) is 4.76. The fraction of sp³-hybridized carbons (Fsp3) is 0.800. The SMILES string of the molecule is CCC(N)CSCC(=O)N1CCCC1=O. The van der Waals surface area contributed by atoms with E-state index in [2.05, 4.69) is 0 Å². The summed E-state index contributed by atoms with van der Waals surface area (Å²) < 4.78 is 0. The van der Waals surface area contributed by atoms with Crippen LogP contribution in [0.5, 0.6) is 0 Å². The van der Waals surface area contributed by atoms with Gasteiger partial charge in [-0.15, -0.1) is 0 Å². The van der Waals surface area contributed by atoms with Gasteiger partial charge in [-0.25, -0.2) is 0 Å². The van der Waals surface area contributed by atoms with E-state index in [1.54, 1.807) is 0 Å². The largest absolute Gasteiger partial charge is 0.327 e. The van der Waals surface area contributed by atoms with E-state index in [-0.39, 0.29) is 17.9 Å². The molecule has 0 bridgehead atoms. The first-order valence-electron chi connectivity index (χ1n) is 5.31. The Morgan fingerprint density at radius 2 is 2.40 bits per heavy atom. The van der Waals surface area contributed by atoms with Crippen molar-refractivity contribution in [2.24, 2.45) is 5.73 Å². The van der Waals surface area contributed by atoms with Crippen LogP contribution in [0, 0.1) is 0 Å². The van der Waals surface area contributed by atoms with E-state index < -0.39 is 0 Å². The molecule has 1 saturated heterocycles. The van der Waals surface area contributed by atoms with Gasteiger partial charge < -0.3 is 5.73 Å². The molecule has 1 aliphatic heterocycles. The summed E-state index contributed by atoms with van der Waals surface area (Å²) in [6.45, 7) is 2.62. The number of carbonyl (C=O) groups is 2. The molecule has 0 aliphatic carbocycles. The highest BCUT2D eigenvalue weighted by atomic mass is 32.2. The lowest BCUT2D eigenvalue weighted by molar-refractivity contribution is -0.140. The zero-order valence-electron chi connectivity index (χ0n) is 9.07. The Labute approximate surface area is 94.6 Å². The highest BCUT2D eigenvalue weighted by molar-refractivity contribution is 8.00. The quantitative estimate of drug-likeness (QED) is 0.751. The van der Waals surface area contributed by atoms with Crippen LogP contribution in [0.2, 0.25) is 0 Å². The number of imide groups is 1. The van der Waals surface area contributed by atoms with Crippen molar-refractivity contribution in [1.29, 1.82) is 0 Å². The minimum Gasteiger partial charge on any atom is -0.327 e. The number of likely N-dealkylation sites (tertiary alicyclic amines) is 1. The lowest BCUT2D eigenvalue weighted by Crippen LogP contribution is -2.33. The number of hydrogen-bond donors (Lipinski definition) is 1. The van der Waals surface area contributed by atoms with E-state index in [0.717, 1.165) is 18.6 Å². The van der Waals surface area contributed by atoms with Crippen LogP contribution in [0.15, 0.2) is 0 Å². The Balaban J connectivity index is 2.21. The molecule has 15 heavy (non-hydrogen) atoms. The lowest BCUT2D eigenvalue weighted by atomic mass is 10.3. The van der Waals surface area contributed by atoms with E-state index in [0.29, 0.717) is 18.7 Å². The highest BCUT2D eigenvalue weighted by Gasteiger charge is 2.25. The molecular formula is C10H18N2O2S. The molecule has 0 radical (unpaired) electrons. The Morgan fingerprint density at radius 1 is 1.67 bits per heavy atom. The summed E-state index contributed by atoms with van der Waals surface area (Å²) >= 11 is 1.51. The maximum Gasteiger partial charge on any atom is 0.239 e. The Hall–Kier alpha value is -0.550. The maximum atomic E-state index is 11.6. The van der Waals surface area contributed by atoms with E-state index in [1.807, 2.05) is 6.92 Å². The highest BCUT2D eigenvalue weighted by Crippen LogP contribution is 2.12. The standard InChI is InChI=1S/C10H18N2O2S/c1-2-8(11)6-15-7-10(14)12-5-3-4-9(12)13/h8H,2-7,11H2,1H3. The van der Waals surface area contributed by atoms with Crippen molar-refractivity contribution in [2.75, 3.05) is 18.1 Å². The molecule has 0 spiro atoms. The van der Waals surface area contributed by atoms with Gasteiger partial charge in [0.25, 0.3) is 0 Å². The molecular weight excluding hydrogens is 212 g/mol. The molecule has 2 N–H and O–H groups in total. The van der Waals surface area contributed by atoms with E-state index >= 15 is 0 Å². The third-order valence-corrected chi connectivity index (χ3v) is 3.57. The number of rotatable bonds is 5. The van der Waals surface area contributed by atoms with Crippen molar-refractivity contribution < 1.29 is 9.59 Å². The van der Waals surface area contributed by atoms with Crippen molar-refractivity contribution in [3.63, 3.8) is 0 Å². The van der Waals surface area contributed by atoms with E-state index in [1.165, 1.54) is 16.7 Å². The zero-order valence-corrected chi connectivity index (χ0v) is 9.89. The predicted molar refractivity (Wildman–Crippen MR) is 61.5 cm³/mol. The van der Waals surface area contributed by atoms with Crippen LogP contribution >= 0.6 is 11.8 Å². The van der Waals surface area contributed by atoms with E-state index in [4.69, 9.17) is 5.73 Å². The van der Waals surface area contributed by atoms with Gasteiger partial charge in [-0.2, -0.15) is 11.8 Å². The van der Waals surface area contributed by atoms with Crippen LogP contribution in [0.25, 0.3) is 0 Å². The number of amides is 2. The molecule has 1 aliphatic rings. The normalized spacial score (nSPS) is 18.3. The molecule has 1 atom stereocenters. The monoisotopic (exact) mass is 230 g/mol. The summed E-state index contributed by atoms with van der Waals surface area (Å²) in [7, 11) is 0. The molecule has 1 unspecified atom stereocenters. The third kappa shape index (κ3) is 3.83. The smallest absolute Gasteiger partial charge is 0.239 e. The molecule has 86 valence electrons. The molecule has 4 nitrogen and oxygen atoms in total. The summed E-state index contributed by atoms with van der Waals surface area (Å²) in [5.74, 6) is 1.06. The first-order chi connectivity index (χ1) is 7.15. The van der Waals surface area contributed by atoms with Gasteiger partial charge in [0.1, 0.15) is 0 Å². The fourth-order valence-corrected chi connectivity index (χ4v) is 2.39. The molecule has 0 aromatic rings. The lowest BCUT2D eigenvalue weighted by Gasteiger charge is -2.13. The topological polar surface area (TPSA) is 63.4 Å². The van der Waals surface area contributed by atoms with Gasteiger partial charge in [0.05, 0.1) is 5.75 Å². The number of nitrogens with zero attached hydrogens (tertiary/aromatic N) is 1. The van der Waals surface area contributed by atoms with Crippen molar-refractivity contribution in [3.8, 4) is 0 Å². The third-order valence-electron chi connectivity index (χ3n) is 2.46. The summed E-state index contributed by atoms with van der Waals surface area (Å²) in [6, 6.07) is 0.150. The minimum absolute atomic E-state index is 0.0274. The van der Waals surface area contributed by atoms with Crippen molar-refractivity contribution in [2.45, 2.75) is 32.2 Å². The summed E-state index contributed by atoms with van der Waals surface area (Å²) in [4.78, 5) is 24.2. The molecule has 0 aromatic carbocycles. The van der Waals surface area contributed by atoms with Crippen LogP contribution in [-0.2, 0) is 9.59 Å². The first-order valence-corrected chi connectivity index (χ1v) is 6.47. The molecule has 1 rings (SSSR count). The number of nitrogens with two attached hydrogens (primary N) is 1. The van der Waals surface area contributed by atoms with Gasteiger partial charge in [-0.1, -0.05) is 6.92 Å². The molecule has 0 aromatic heterocycles. The second-order valence-electron chi connectivity index (χ2n) is 3.73. The van der Waals surface area contributed by atoms with Gasteiger partial charge in [-0.05, 0) is 12.8 Å².